The molecule has 3 aromatic rings. The van der Waals surface area contributed by atoms with Crippen LogP contribution in [-0.2, 0) is 16.9 Å². The lowest BCUT2D eigenvalue weighted by Crippen LogP contribution is -2.10. The molecule has 0 spiro atoms. The zero-order valence-corrected chi connectivity index (χ0v) is 14.2. The van der Waals surface area contributed by atoms with Crippen LogP contribution in [-0.4, -0.2) is 40.3 Å². The number of aromatic nitrogens is 3. The van der Waals surface area contributed by atoms with Crippen molar-refractivity contribution in [2.24, 2.45) is 0 Å². The van der Waals surface area contributed by atoms with E-state index in [1.54, 1.807) is 0 Å². The summed E-state index contributed by atoms with van der Waals surface area (Å²) in [4.78, 5) is 10.2. The fraction of sp³-hybridized carbons (Fsp3) is 0.250. The number of aromatic amines is 1. The van der Waals surface area contributed by atoms with Gasteiger partial charge in [0.25, 0.3) is 0 Å². The maximum atomic E-state index is 13.1. The minimum atomic E-state index is -3.33. The Morgan fingerprint density at radius 3 is 2.88 bits per heavy atom. The van der Waals surface area contributed by atoms with Crippen LogP contribution in [0.1, 0.15) is 12.5 Å². The molecule has 1 aromatic carbocycles. The summed E-state index contributed by atoms with van der Waals surface area (Å²) in [5.74, 6) is -0.803. The van der Waals surface area contributed by atoms with Gasteiger partial charge in [0.05, 0.1) is 32.1 Å². The predicted molar refractivity (Wildman–Crippen MR) is 90.2 cm³/mol. The number of ether oxygens (including phenoxy) is 3. The maximum absolute atomic E-state index is 13.1. The van der Waals surface area contributed by atoms with Crippen molar-refractivity contribution in [2.75, 3.05) is 14.2 Å². The van der Waals surface area contributed by atoms with Crippen LogP contribution < -0.4 is 14.2 Å². The van der Waals surface area contributed by atoms with Gasteiger partial charge in [-0.05, 0) is 12.1 Å². The molecule has 138 valence electrons. The molecule has 0 bridgehead atoms. The van der Waals surface area contributed by atoms with Gasteiger partial charge in [-0.1, -0.05) is 0 Å². The Hall–Kier alpha value is -2.59. The molecule has 0 aliphatic heterocycles. The Balaban J connectivity index is 2.14. The molecule has 2 aromatic heterocycles. The van der Waals surface area contributed by atoms with E-state index in [1.165, 1.54) is 26.5 Å². The van der Waals surface area contributed by atoms with E-state index in [0.717, 1.165) is 0 Å². The molecule has 26 heavy (non-hydrogen) atoms. The maximum Gasteiger partial charge on any atom is 0.387 e. The first-order valence-electron chi connectivity index (χ1n) is 9.48. The third-order valence-corrected chi connectivity index (χ3v) is 4.00. The number of imidazole rings is 1. The minimum absolute atomic E-state index is 0.0945. The van der Waals surface area contributed by atoms with Crippen molar-refractivity contribution in [3.63, 3.8) is 0 Å². The molecule has 1 unspecified atom stereocenters. The highest BCUT2D eigenvalue weighted by molar-refractivity contribution is 7.90. The Morgan fingerprint density at radius 2 is 2.19 bits per heavy atom. The first-order valence-corrected chi connectivity index (χ1v) is 8.13. The smallest absolute Gasteiger partial charge is 0.387 e. The van der Waals surface area contributed by atoms with Gasteiger partial charge in [-0.2, -0.15) is 13.8 Å². The zero-order chi connectivity index (χ0) is 23.1. The van der Waals surface area contributed by atoms with Crippen molar-refractivity contribution in [3.8, 4) is 17.2 Å². The lowest BCUT2D eigenvalue weighted by atomic mass is 10.3. The first kappa shape index (κ1) is 12.7. The molecule has 0 radical (unpaired) electrons. The van der Waals surface area contributed by atoms with Crippen molar-refractivity contribution in [1.82, 2.24) is 15.0 Å². The van der Waals surface area contributed by atoms with Crippen LogP contribution in [0.15, 0.2) is 35.5 Å². The second-order valence-corrected chi connectivity index (χ2v) is 5.74. The number of H-pyrrole nitrogens is 1. The number of halogens is 2. The van der Waals surface area contributed by atoms with Crippen molar-refractivity contribution >= 4 is 22.2 Å². The molecule has 3 rings (SSSR count). The zero-order valence-electron chi connectivity index (χ0n) is 18.4. The fourth-order valence-corrected chi connectivity index (χ4v) is 2.81. The van der Waals surface area contributed by atoms with E-state index in [-0.39, 0.29) is 28.2 Å². The lowest BCUT2D eigenvalue weighted by Gasteiger charge is -2.12. The van der Waals surface area contributed by atoms with Gasteiger partial charge in [0.1, 0.15) is 11.4 Å². The average molecular weight is 388 g/mol. The summed E-state index contributed by atoms with van der Waals surface area (Å²) >= 11 is -2.59. The van der Waals surface area contributed by atoms with E-state index in [9.17, 15) is 13.3 Å². The number of alkyl halides is 2. The van der Waals surface area contributed by atoms with E-state index >= 15 is 0 Å². The molecule has 0 fully saturated rings. The van der Waals surface area contributed by atoms with Crippen molar-refractivity contribution < 1.29 is 34.4 Å². The quantitative estimate of drug-likeness (QED) is 0.626. The van der Waals surface area contributed by atoms with Crippen LogP contribution in [0.3, 0.4) is 0 Å². The van der Waals surface area contributed by atoms with Gasteiger partial charge < -0.3 is 18.8 Å². The summed E-state index contributed by atoms with van der Waals surface area (Å²) in [6.45, 7) is -3.33. The van der Waals surface area contributed by atoms with E-state index in [0.29, 0.717) is 0 Å². The van der Waals surface area contributed by atoms with Crippen LogP contribution in [0.2, 0.25) is 0 Å². The van der Waals surface area contributed by atoms with Crippen molar-refractivity contribution in [2.45, 2.75) is 17.5 Å². The number of hydrogen-bond acceptors (Lipinski definition) is 6. The fourth-order valence-electron chi connectivity index (χ4n) is 2.03. The molecule has 2 heterocycles. The number of benzene rings is 1. The molecule has 7 nitrogen and oxygen atoms in total. The number of nitrogens with one attached hydrogen (secondary N) is 1. The molecule has 10 heteroatoms. The molecule has 0 saturated carbocycles. The minimum Gasteiger partial charge on any atom is -0.609 e. The molecule has 0 saturated heterocycles. The van der Waals surface area contributed by atoms with Gasteiger partial charge in [-0.25, -0.2) is 0 Å². The molecule has 1 atom stereocenters. The van der Waals surface area contributed by atoms with Gasteiger partial charge in [0.15, 0.2) is 17.2 Å². The van der Waals surface area contributed by atoms with E-state index in [4.69, 9.17) is 16.3 Å². The van der Waals surface area contributed by atoms with E-state index in [1.807, 2.05) is 0 Å². The topological polar surface area (TPSA) is 92.3 Å². The monoisotopic (exact) mass is 388 g/mol. The van der Waals surface area contributed by atoms with Crippen molar-refractivity contribution in [3.05, 3.63) is 36.1 Å². The van der Waals surface area contributed by atoms with Gasteiger partial charge >= 0.3 is 11.8 Å². The highest BCUT2D eigenvalue weighted by Gasteiger charge is 2.22. The van der Waals surface area contributed by atoms with Gasteiger partial charge in [0, 0.05) is 29.5 Å². The Labute approximate surface area is 157 Å². The SMILES string of the molecule is [2H]c1c(OC(F)F)c([2H])c2[nH]c([S+]([O-])C([2H])([2H])c3nccc(OC)c3OC)nc2c1[2H]. The van der Waals surface area contributed by atoms with Crippen LogP contribution in [0, 0.1) is 0 Å². The third kappa shape index (κ3) is 3.81. The van der Waals surface area contributed by atoms with Crippen LogP contribution in [0.5, 0.6) is 17.2 Å². The summed E-state index contributed by atoms with van der Waals surface area (Å²) in [6, 6.07) is -0.744. The molecule has 0 aliphatic rings. The number of hydrogen-bond donors (Lipinski definition) is 1. The summed E-state index contributed by atoms with van der Waals surface area (Å²) < 4.78 is 93.1. The van der Waals surface area contributed by atoms with Crippen LogP contribution in [0.25, 0.3) is 11.0 Å². The normalized spacial score (nSPS) is 15.7. The number of methoxy groups -OCH3 is 2. The molecule has 0 aliphatic carbocycles. The number of rotatable bonds is 7. The average Bonchev–Trinajstić information content (AvgIpc) is 3.19. The molecule has 0 amide bonds. The van der Waals surface area contributed by atoms with Gasteiger partial charge in [-0.3, -0.25) is 9.97 Å². The van der Waals surface area contributed by atoms with Crippen molar-refractivity contribution in [1.29, 1.82) is 0 Å². The second-order valence-electron chi connectivity index (χ2n) is 4.61. The standard InChI is InChI=1S/C16H15F2N3O4S/c1-23-13-5-6-19-12(14(13)24-2)8-26(22)16-20-10-4-3-9(25-15(17)18)7-11(10)21-16/h3-7,15H,8H2,1-2H3,(H,20,21)/i3D,4D,7D,8D2. The molecule has 1 N–H and O–H groups in total. The third-order valence-electron chi connectivity index (χ3n) is 3.08. The summed E-state index contributed by atoms with van der Waals surface area (Å²) in [5.41, 5.74) is -3.65. The predicted octanol–water partition coefficient (Wildman–Crippen LogP) is 2.88. The lowest BCUT2D eigenvalue weighted by molar-refractivity contribution is -0.0497. The van der Waals surface area contributed by atoms with Gasteiger partial charge in [-0.15, -0.1) is 0 Å². The van der Waals surface area contributed by atoms with E-state index < -0.39 is 52.5 Å². The van der Waals surface area contributed by atoms with Crippen LogP contribution >= 0.6 is 0 Å². The highest BCUT2D eigenvalue weighted by atomic mass is 32.2. The first-order chi connectivity index (χ1) is 14.5. The number of nitrogens with zero attached hydrogens (tertiary/aromatic N) is 2. The second kappa shape index (κ2) is 7.75. The number of pyridine rings is 1. The summed E-state index contributed by atoms with van der Waals surface area (Å²) in [6.07, 6.45) is 1.23. The highest BCUT2D eigenvalue weighted by Crippen LogP contribution is 2.31. The Kier molecular flexibility index (Phi) is 3.79. The summed E-state index contributed by atoms with van der Waals surface area (Å²) in [5, 5.41) is -0.498. The van der Waals surface area contributed by atoms with Crippen LogP contribution in [0.4, 0.5) is 8.78 Å². The Morgan fingerprint density at radius 1 is 1.38 bits per heavy atom. The largest absolute Gasteiger partial charge is 0.609 e. The van der Waals surface area contributed by atoms with E-state index in [2.05, 4.69) is 19.7 Å². The summed E-state index contributed by atoms with van der Waals surface area (Å²) in [7, 11) is 2.58. The number of fused-ring (bicyclic) bond motifs is 1. The van der Waals surface area contributed by atoms with Gasteiger partial charge in [0.2, 0.25) is 0 Å². The molecular formula is C16H15F2N3O4S. The Bertz CT molecular complexity index is 1130. The molecular weight excluding hydrogens is 368 g/mol.